The highest BCUT2D eigenvalue weighted by Crippen LogP contribution is 2.13. The van der Waals surface area contributed by atoms with Crippen LogP contribution < -0.4 is 10.1 Å². The minimum absolute atomic E-state index is 0.00420. The summed E-state index contributed by atoms with van der Waals surface area (Å²) >= 11 is 0. The predicted octanol–water partition coefficient (Wildman–Crippen LogP) is 2.54. The fraction of sp³-hybridized carbons (Fsp3) is 0.235. The van der Waals surface area contributed by atoms with Crippen molar-refractivity contribution in [2.45, 2.75) is 19.9 Å². The molecule has 1 aromatic carbocycles. The first-order valence-electron chi connectivity index (χ1n) is 6.99. The Morgan fingerprint density at radius 1 is 1.14 bits per heavy atom. The maximum absolute atomic E-state index is 11.9. The number of pyridine rings is 1. The number of rotatable bonds is 6. The molecule has 0 aliphatic heterocycles. The normalized spacial score (nSPS) is 11.5. The second kappa shape index (κ2) is 7.36. The van der Waals surface area contributed by atoms with Gasteiger partial charge in [-0.2, -0.15) is 0 Å². The van der Waals surface area contributed by atoms with Gasteiger partial charge in [0.2, 0.25) is 0 Å². The second-order valence-corrected chi connectivity index (χ2v) is 4.94. The SMILES string of the molecule is CC(=O)c1ccc(OCC(=O)NC(C)c2ccncc2)cc1. The van der Waals surface area contributed by atoms with Crippen LogP contribution >= 0.6 is 0 Å². The number of carbonyl (C=O) groups excluding carboxylic acids is 2. The number of aromatic nitrogens is 1. The summed E-state index contributed by atoms with van der Waals surface area (Å²) in [5.41, 5.74) is 1.59. The molecule has 1 heterocycles. The van der Waals surface area contributed by atoms with Crippen molar-refractivity contribution in [3.05, 3.63) is 59.9 Å². The molecule has 0 radical (unpaired) electrons. The quantitative estimate of drug-likeness (QED) is 0.832. The molecular formula is C17H18N2O3. The summed E-state index contributed by atoms with van der Waals surface area (Å²) in [5, 5.41) is 2.85. The van der Waals surface area contributed by atoms with E-state index in [1.807, 2.05) is 19.1 Å². The van der Waals surface area contributed by atoms with Crippen molar-refractivity contribution in [2.24, 2.45) is 0 Å². The van der Waals surface area contributed by atoms with Gasteiger partial charge in [-0.1, -0.05) is 0 Å². The van der Waals surface area contributed by atoms with E-state index in [9.17, 15) is 9.59 Å². The Labute approximate surface area is 129 Å². The summed E-state index contributed by atoms with van der Waals surface area (Å²) in [5.74, 6) is 0.340. The van der Waals surface area contributed by atoms with Gasteiger partial charge < -0.3 is 10.1 Å². The van der Waals surface area contributed by atoms with E-state index in [4.69, 9.17) is 4.74 Å². The zero-order valence-electron chi connectivity index (χ0n) is 12.6. The van der Waals surface area contributed by atoms with E-state index < -0.39 is 0 Å². The maximum Gasteiger partial charge on any atom is 0.258 e. The highest BCUT2D eigenvalue weighted by atomic mass is 16.5. The third-order valence-corrected chi connectivity index (χ3v) is 3.21. The molecule has 2 rings (SSSR count). The van der Waals surface area contributed by atoms with Crippen LogP contribution in [0.15, 0.2) is 48.8 Å². The lowest BCUT2D eigenvalue weighted by Gasteiger charge is -2.14. The smallest absolute Gasteiger partial charge is 0.258 e. The van der Waals surface area contributed by atoms with Crippen molar-refractivity contribution in [2.75, 3.05) is 6.61 Å². The topological polar surface area (TPSA) is 68.3 Å². The number of nitrogens with one attached hydrogen (secondary N) is 1. The van der Waals surface area contributed by atoms with E-state index in [1.54, 1.807) is 36.7 Å². The number of benzene rings is 1. The molecule has 0 fully saturated rings. The second-order valence-electron chi connectivity index (χ2n) is 4.94. The van der Waals surface area contributed by atoms with Crippen LogP contribution in [0.25, 0.3) is 0 Å². The molecule has 5 nitrogen and oxygen atoms in total. The van der Waals surface area contributed by atoms with Crippen LogP contribution in [0.5, 0.6) is 5.75 Å². The summed E-state index contributed by atoms with van der Waals surface area (Å²) < 4.78 is 5.40. The molecule has 1 N–H and O–H groups in total. The largest absolute Gasteiger partial charge is 0.484 e. The van der Waals surface area contributed by atoms with E-state index >= 15 is 0 Å². The highest BCUT2D eigenvalue weighted by Gasteiger charge is 2.10. The van der Waals surface area contributed by atoms with Crippen LogP contribution in [0.4, 0.5) is 0 Å². The molecule has 0 bridgehead atoms. The summed E-state index contributed by atoms with van der Waals surface area (Å²) in [6.45, 7) is 3.33. The minimum Gasteiger partial charge on any atom is -0.484 e. The number of carbonyl (C=O) groups is 2. The minimum atomic E-state index is -0.208. The van der Waals surface area contributed by atoms with E-state index in [0.29, 0.717) is 11.3 Å². The summed E-state index contributed by atoms with van der Waals surface area (Å²) in [7, 11) is 0. The average Bonchev–Trinajstić information content (AvgIpc) is 2.54. The Hall–Kier alpha value is -2.69. The molecule has 0 aliphatic carbocycles. The third-order valence-electron chi connectivity index (χ3n) is 3.21. The Bertz CT molecular complexity index is 639. The van der Waals surface area contributed by atoms with Crippen LogP contribution in [-0.2, 0) is 4.79 Å². The van der Waals surface area contributed by atoms with Crippen molar-refractivity contribution in [1.29, 1.82) is 0 Å². The van der Waals surface area contributed by atoms with Crippen LogP contribution in [0.2, 0.25) is 0 Å². The lowest BCUT2D eigenvalue weighted by molar-refractivity contribution is -0.123. The molecule has 1 unspecified atom stereocenters. The Kier molecular flexibility index (Phi) is 5.25. The van der Waals surface area contributed by atoms with Gasteiger partial charge in [-0.05, 0) is 55.8 Å². The fourth-order valence-corrected chi connectivity index (χ4v) is 1.95. The van der Waals surface area contributed by atoms with E-state index in [2.05, 4.69) is 10.3 Å². The number of ether oxygens (including phenoxy) is 1. The molecule has 2 aromatic rings. The lowest BCUT2D eigenvalue weighted by Crippen LogP contribution is -2.31. The molecule has 0 spiro atoms. The van der Waals surface area contributed by atoms with Gasteiger partial charge in [-0.15, -0.1) is 0 Å². The number of hydrogen-bond donors (Lipinski definition) is 1. The predicted molar refractivity (Wildman–Crippen MR) is 82.7 cm³/mol. The monoisotopic (exact) mass is 298 g/mol. The van der Waals surface area contributed by atoms with Gasteiger partial charge in [0.15, 0.2) is 12.4 Å². The van der Waals surface area contributed by atoms with Gasteiger partial charge in [0.25, 0.3) is 5.91 Å². The Balaban J connectivity index is 1.83. The van der Waals surface area contributed by atoms with Crippen molar-refractivity contribution >= 4 is 11.7 Å². The first-order chi connectivity index (χ1) is 10.6. The van der Waals surface area contributed by atoms with Crippen molar-refractivity contribution < 1.29 is 14.3 Å². The zero-order chi connectivity index (χ0) is 15.9. The number of amides is 1. The summed E-state index contributed by atoms with van der Waals surface area (Å²) in [6, 6.07) is 10.3. The first kappa shape index (κ1) is 15.7. The Morgan fingerprint density at radius 2 is 1.77 bits per heavy atom. The van der Waals surface area contributed by atoms with E-state index in [-0.39, 0.29) is 24.3 Å². The van der Waals surface area contributed by atoms with Crippen LogP contribution in [0, 0.1) is 0 Å². The molecule has 1 amide bonds. The zero-order valence-corrected chi connectivity index (χ0v) is 12.6. The van der Waals surface area contributed by atoms with Crippen LogP contribution in [0.3, 0.4) is 0 Å². The van der Waals surface area contributed by atoms with Crippen molar-refractivity contribution in [1.82, 2.24) is 10.3 Å². The van der Waals surface area contributed by atoms with E-state index in [0.717, 1.165) is 5.56 Å². The number of nitrogens with zero attached hydrogens (tertiary/aromatic N) is 1. The number of hydrogen-bond acceptors (Lipinski definition) is 4. The molecule has 0 saturated heterocycles. The van der Waals surface area contributed by atoms with Crippen LogP contribution in [0.1, 0.15) is 35.8 Å². The molecule has 1 atom stereocenters. The van der Waals surface area contributed by atoms with Crippen LogP contribution in [-0.4, -0.2) is 23.3 Å². The molecule has 114 valence electrons. The first-order valence-corrected chi connectivity index (χ1v) is 6.99. The highest BCUT2D eigenvalue weighted by molar-refractivity contribution is 5.94. The van der Waals surface area contributed by atoms with Gasteiger partial charge >= 0.3 is 0 Å². The summed E-state index contributed by atoms with van der Waals surface area (Å²) in [6.07, 6.45) is 3.37. The molecule has 5 heteroatoms. The standard InChI is InChI=1S/C17H18N2O3/c1-12(14-7-9-18-10-8-14)19-17(21)11-22-16-5-3-15(4-6-16)13(2)20/h3-10,12H,11H2,1-2H3,(H,19,21). The van der Waals surface area contributed by atoms with Crippen molar-refractivity contribution in [3.8, 4) is 5.75 Å². The van der Waals surface area contributed by atoms with Gasteiger partial charge in [0, 0.05) is 18.0 Å². The summed E-state index contributed by atoms with van der Waals surface area (Å²) in [4.78, 5) is 27.0. The average molecular weight is 298 g/mol. The lowest BCUT2D eigenvalue weighted by atomic mass is 10.1. The third kappa shape index (κ3) is 4.41. The molecule has 1 aromatic heterocycles. The van der Waals surface area contributed by atoms with Gasteiger partial charge in [-0.3, -0.25) is 14.6 Å². The molecule has 0 aliphatic rings. The number of ketones is 1. The van der Waals surface area contributed by atoms with Crippen molar-refractivity contribution in [3.63, 3.8) is 0 Å². The fourth-order valence-electron chi connectivity index (χ4n) is 1.95. The molecule has 0 saturated carbocycles. The van der Waals surface area contributed by atoms with Gasteiger partial charge in [0.05, 0.1) is 6.04 Å². The Morgan fingerprint density at radius 3 is 2.36 bits per heavy atom. The van der Waals surface area contributed by atoms with Gasteiger partial charge in [0.1, 0.15) is 5.75 Å². The molecule has 22 heavy (non-hydrogen) atoms. The molecular weight excluding hydrogens is 280 g/mol. The van der Waals surface area contributed by atoms with E-state index in [1.165, 1.54) is 6.92 Å². The number of Topliss-reactive ketones (excluding diaryl/α,β-unsaturated/α-hetero) is 1. The van der Waals surface area contributed by atoms with Gasteiger partial charge in [-0.25, -0.2) is 0 Å². The maximum atomic E-state index is 11.9.